The minimum Gasteiger partial charge on any atom is -0.405 e. The molecule has 0 saturated heterocycles. The molecule has 0 aliphatic rings. The van der Waals surface area contributed by atoms with Crippen LogP contribution in [0, 0.1) is 0 Å². The standard InChI is InChI=1S/C38H50O4Si2/c1-37(2,3)43(33-19-11-7-12-20-33,34-21-13-8-14-22-34)41-29-31(39)27-28-32(40)30-42-44(38(4,5)6,35-23-15-9-16-24-35)36-25-17-10-18-26-36/h7-26,31-32,39-40H,27-30H2,1-6H3/t31-,32-/m1/s1. The Morgan fingerprint density at radius 1 is 0.455 bits per heavy atom. The predicted molar refractivity (Wildman–Crippen MR) is 188 cm³/mol. The smallest absolute Gasteiger partial charge is 0.261 e. The van der Waals surface area contributed by atoms with Gasteiger partial charge >= 0.3 is 0 Å². The number of rotatable bonds is 13. The number of aliphatic hydroxyl groups excluding tert-OH is 2. The molecule has 0 saturated carbocycles. The number of hydrogen-bond acceptors (Lipinski definition) is 4. The fraction of sp³-hybridized carbons (Fsp3) is 0.368. The molecule has 0 heterocycles. The van der Waals surface area contributed by atoms with Crippen molar-refractivity contribution < 1.29 is 19.1 Å². The van der Waals surface area contributed by atoms with Crippen LogP contribution < -0.4 is 20.7 Å². The van der Waals surface area contributed by atoms with E-state index in [4.69, 9.17) is 8.85 Å². The van der Waals surface area contributed by atoms with Crippen LogP contribution in [0.5, 0.6) is 0 Å². The maximum Gasteiger partial charge on any atom is 0.261 e. The van der Waals surface area contributed by atoms with Crippen molar-refractivity contribution in [3.05, 3.63) is 121 Å². The third-order valence-corrected chi connectivity index (χ3v) is 18.7. The Balaban J connectivity index is 1.48. The Bertz CT molecular complexity index is 1210. The largest absolute Gasteiger partial charge is 0.405 e. The van der Waals surface area contributed by atoms with Crippen LogP contribution in [-0.4, -0.2) is 52.3 Å². The second-order valence-corrected chi connectivity index (χ2v) is 22.4. The van der Waals surface area contributed by atoms with Crippen LogP contribution in [0.3, 0.4) is 0 Å². The average Bonchev–Trinajstić information content (AvgIpc) is 3.01. The first-order valence-electron chi connectivity index (χ1n) is 15.8. The van der Waals surface area contributed by atoms with Gasteiger partial charge in [0.2, 0.25) is 0 Å². The Kier molecular flexibility index (Phi) is 11.2. The summed E-state index contributed by atoms with van der Waals surface area (Å²) in [6, 6.07) is 41.9. The van der Waals surface area contributed by atoms with Crippen molar-refractivity contribution in [2.24, 2.45) is 0 Å². The fourth-order valence-electron chi connectivity index (χ4n) is 6.52. The first kappa shape index (κ1) is 34.0. The zero-order valence-corrected chi connectivity index (χ0v) is 29.2. The highest BCUT2D eigenvalue weighted by Gasteiger charge is 2.51. The minimum absolute atomic E-state index is 0.168. The molecule has 2 atom stereocenters. The highest BCUT2D eigenvalue weighted by Crippen LogP contribution is 2.38. The van der Waals surface area contributed by atoms with Gasteiger partial charge in [-0.05, 0) is 43.7 Å². The van der Waals surface area contributed by atoms with E-state index in [0.29, 0.717) is 12.8 Å². The summed E-state index contributed by atoms with van der Waals surface area (Å²) in [7, 11) is -5.49. The maximum absolute atomic E-state index is 11.2. The molecule has 0 radical (unpaired) electrons. The van der Waals surface area contributed by atoms with E-state index in [-0.39, 0.29) is 23.3 Å². The minimum atomic E-state index is -2.75. The lowest BCUT2D eigenvalue weighted by atomic mass is 10.1. The first-order chi connectivity index (χ1) is 20.9. The molecule has 0 fully saturated rings. The maximum atomic E-state index is 11.2. The molecule has 0 aromatic heterocycles. The van der Waals surface area contributed by atoms with Crippen LogP contribution in [0.2, 0.25) is 10.1 Å². The van der Waals surface area contributed by atoms with Crippen molar-refractivity contribution in [2.45, 2.75) is 76.7 Å². The van der Waals surface area contributed by atoms with Crippen LogP contribution in [0.4, 0.5) is 0 Å². The molecule has 4 aromatic rings. The highest BCUT2D eigenvalue weighted by molar-refractivity contribution is 7.00. The molecule has 4 aromatic carbocycles. The van der Waals surface area contributed by atoms with Gasteiger partial charge in [0.1, 0.15) is 0 Å². The van der Waals surface area contributed by atoms with Gasteiger partial charge in [0, 0.05) is 0 Å². The van der Waals surface area contributed by atoms with Crippen molar-refractivity contribution in [1.29, 1.82) is 0 Å². The lowest BCUT2D eigenvalue weighted by molar-refractivity contribution is 0.0550. The van der Waals surface area contributed by atoms with Crippen molar-refractivity contribution in [1.82, 2.24) is 0 Å². The molecule has 6 heteroatoms. The Hall–Kier alpha value is -2.85. The summed E-state index contributed by atoms with van der Waals surface area (Å²) in [4.78, 5) is 0. The quantitative estimate of drug-likeness (QED) is 0.189. The number of benzene rings is 4. The third kappa shape index (κ3) is 7.33. The molecular formula is C38H50O4Si2. The van der Waals surface area contributed by atoms with E-state index in [0.717, 1.165) is 0 Å². The third-order valence-electron chi connectivity index (χ3n) is 8.65. The summed E-state index contributed by atoms with van der Waals surface area (Å²) in [5.41, 5.74) is 0. The van der Waals surface area contributed by atoms with Gasteiger partial charge < -0.3 is 19.1 Å². The van der Waals surface area contributed by atoms with Crippen molar-refractivity contribution in [3.8, 4) is 0 Å². The molecule has 0 bridgehead atoms. The van der Waals surface area contributed by atoms with E-state index in [9.17, 15) is 10.2 Å². The molecule has 4 rings (SSSR count). The van der Waals surface area contributed by atoms with Gasteiger partial charge in [-0.25, -0.2) is 0 Å². The monoisotopic (exact) mass is 626 g/mol. The van der Waals surface area contributed by atoms with E-state index >= 15 is 0 Å². The van der Waals surface area contributed by atoms with Gasteiger partial charge in [-0.3, -0.25) is 0 Å². The highest BCUT2D eigenvalue weighted by atomic mass is 28.4. The van der Waals surface area contributed by atoms with Crippen LogP contribution in [-0.2, 0) is 8.85 Å². The Morgan fingerprint density at radius 2 is 0.682 bits per heavy atom. The molecule has 0 unspecified atom stereocenters. The lowest BCUT2D eigenvalue weighted by Gasteiger charge is -2.43. The summed E-state index contributed by atoms with van der Waals surface area (Å²) in [5.74, 6) is 0. The average molecular weight is 627 g/mol. The Labute approximate surface area is 267 Å². The molecule has 234 valence electrons. The molecule has 0 amide bonds. The summed E-state index contributed by atoms with van der Waals surface area (Å²) in [6.45, 7) is 13.8. The predicted octanol–water partition coefficient (Wildman–Crippen LogP) is 5.64. The summed E-state index contributed by atoms with van der Waals surface area (Å²) in [6.07, 6.45) is -0.578. The lowest BCUT2D eigenvalue weighted by Crippen LogP contribution is -2.67. The van der Waals surface area contributed by atoms with Crippen molar-refractivity contribution in [3.63, 3.8) is 0 Å². The topological polar surface area (TPSA) is 58.9 Å². The van der Waals surface area contributed by atoms with E-state index < -0.39 is 28.8 Å². The van der Waals surface area contributed by atoms with Gasteiger partial charge in [-0.2, -0.15) is 0 Å². The van der Waals surface area contributed by atoms with Gasteiger partial charge in [-0.15, -0.1) is 0 Å². The summed E-state index contributed by atoms with van der Waals surface area (Å²) < 4.78 is 13.8. The zero-order chi connectivity index (χ0) is 31.8. The molecule has 4 nitrogen and oxygen atoms in total. The van der Waals surface area contributed by atoms with Crippen LogP contribution in [0.1, 0.15) is 54.4 Å². The second-order valence-electron chi connectivity index (χ2n) is 13.8. The summed E-state index contributed by atoms with van der Waals surface area (Å²) in [5, 5.41) is 26.8. The van der Waals surface area contributed by atoms with Gasteiger partial charge in [0.15, 0.2) is 0 Å². The van der Waals surface area contributed by atoms with E-state index in [2.05, 4.69) is 139 Å². The summed E-state index contributed by atoms with van der Waals surface area (Å²) >= 11 is 0. The van der Waals surface area contributed by atoms with Crippen molar-refractivity contribution >= 4 is 37.4 Å². The number of hydrogen-bond donors (Lipinski definition) is 2. The molecule has 0 aliphatic heterocycles. The number of aliphatic hydroxyl groups is 2. The molecular weight excluding hydrogens is 577 g/mol. The van der Waals surface area contributed by atoms with Crippen LogP contribution in [0.15, 0.2) is 121 Å². The first-order valence-corrected chi connectivity index (χ1v) is 19.6. The SMILES string of the molecule is CC(C)(C)[Si](OC[C@H](O)CC[C@@H](O)CO[Si](c1ccccc1)(c1ccccc1)C(C)(C)C)(c1ccccc1)c1ccccc1. The van der Waals surface area contributed by atoms with E-state index in [1.165, 1.54) is 20.7 Å². The van der Waals surface area contributed by atoms with Crippen LogP contribution >= 0.6 is 0 Å². The van der Waals surface area contributed by atoms with Gasteiger partial charge in [0.05, 0.1) is 25.4 Å². The molecule has 0 aliphatic carbocycles. The van der Waals surface area contributed by atoms with E-state index in [1.54, 1.807) is 0 Å². The molecule has 44 heavy (non-hydrogen) atoms. The van der Waals surface area contributed by atoms with Gasteiger partial charge in [-0.1, -0.05) is 163 Å². The Morgan fingerprint density at radius 3 is 0.886 bits per heavy atom. The van der Waals surface area contributed by atoms with Crippen molar-refractivity contribution in [2.75, 3.05) is 13.2 Å². The fourth-order valence-corrected chi connectivity index (χ4v) is 15.7. The normalized spacial score (nSPS) is 14.3. The van der Waals surface area contributed by atoms with E-state index in [1.807, 2.05) is 24.3 Å². The molecule has 0 spiro atoms. The van der Waals surface area contributed by atoms with Gasteiger partial charge in [0.25, 0.3) is 16.6 Å². The second kappa shape index (κ2) is 14.5. The zero-order valence-electron chi connectivity index (χ0n) is 27.2. The molecule has 2 N–H and O–H groups in total. The van der Waals surface area contributed by atoms with Crippen LogP contribution in [0.25, 0.3) is 0 Å².